The van der Waals surface area contributed by atoms with Crippen LogP contribution in [0.15, 0.2) is 53.4 Å². The van der Waals surface area contributed by atoms with Crippen LogP contribution in [0.3, 0.4) is 0 Å². The molecular weight excluding hydrogens is 579 g/mol. The Bertz CT molecular complexity index is 1230. The Labute approximate surface area is 246 Å². The number of sulfonamides is 1. The van der Waals surface area contributed by atoms with Crippen LogP contribution in [0.1, 0.15) is 49.3 Å². The van der Waals surface area contributed by atoms with Crippen LogP contribution in [-0.4, -0.2) is 71.0 Å². The minimum Gasteiger partial charge on any atom is -0.370 e. The SMILES string of the molecule is CN(C)C(c1ccc(Cl)cc1)C1CCC(CCNC(=O)COCCN(C)S(=O)(=O)c2cccc(C(F)(F)F)c2)CC1. The molecule has 0 aromatic heterocycles. The standard InChI is InChI=1S/C29H39ClF3N3O4S/c1-35(2)28(23-11-13-25(30)14-12-23)22-9-7-21(8-10-22)15-16-34-27(37)20-40-18-17-36(3)41(38,39)26-6-4-5-24(19-26)29(31,32)33/h4-6,11-14,19,21-22,28H,7-10,15-18,20H2,1-3H3,(H,34,37). The molecule has 12 heteroatoms. The molecular formula is C29H39ClF3N3O4S. The maximum Gasteiger partial charge on any atom is 0.416 e. The van der Waals surface area contributed by atoms with Gasteiger partial charge in [0.05, 0.1) is 17.1 Å². The van der Waals surface area contributed by atoms with E-state index in [1.165, 1.54) is 12.6 Å². The fraction of sp³-hybridized carbons (Fsp3) is 0.552. The Hall–Kier alpha value is -2.18. The molecule has 1 N–H and O–H groups in total. The van der Waals surface area contributed by atoms with Crippen molar-refractivity contribution in [3.8, 4) is 0 Å². The second kappa shape index (κ2) is 14.8. The largest absolute Gasteiger partial charge is 0.416 e. The minimum absolute atomic E-state index is 0.0766. The van der Waals surface area contributed by atoms with Crippen LogP contribution < -0.4 is 5.32 Å². The number of carbonyl (C=O) groups is 1. The van der Waals surface area contributed by atoms with E-state index in [1.54, 1.807) is 0 Å². The third-order valence-electron chi connectivity index (χ3n) is 7.63. The fourth-order valence-electron chi connectivity index (χ4n) is 5.40. The van der Waals surface area contributed by atoms with Crippen molar-refractivity contribution in [2.24, 2.45) is 11.8 Å². The first kappa shape index (κ1) is 33.3. The fourth-order valence-corrected chi connectivity index (χ4v) is 6.73. The number of alkyl halides is 3. The summed E-state index contributed by atoms with van der Waals surface area (Å²) < 4.78 is 70.3. The molecule has 7 nitrogen and oxygen atoms in total. The number of carbonyl (C=O) groups excluding carboxylic acids is 1. The molecule has 1 atom stereocenters. The van der Waals surface area contributed by atoms with E-state index < -0.39 is 26.7 Å². The first-order valence-electron chi connectivity index (χ1n) is 13.7. The van der Waals surface area contributed by atoms with Crippen LogP contribution in [-0.2, 0) is 25.7 Å². The van der Waals surface area contributed by atoms with Crippen molar-refractivity contribution in [1.29, 1.82) is 0 Å². The molecule has 0 aliphatic heterocycles. The maximum absolute atomic E-state index is 12.9. The molecule has 1 fully saturated rings. The summed E-state index contributed by atoms with van der Waals surface area (Å²) in [5.41, 5.74) is 0.234. The topological polar surface area (TPSA) is 79.0 Å². The highest BCUT2D eigenvalue weighted by Gasteiger charge is 2.33. The zero-order valence-electron chi connectivity index (χ0n) is 23.7. The molecule has 1 unspecified atom stereocenters. The average molecular weight is 618 g/mol. The second-order valence-electron chi connectivity index (χ2n) is 10.8. The molecule has 0 radical (unpaired) electrons. The Balaban J connectivity index is 1.34. The zero-order valence-corrected chi connectivity index (χ0v) is 25.2. The number of halogens is 4. The van der Waals surface area contributed by atoms with E-state index >= 15 is 0 Å². The number of hydrogen-bond donors (Lipinski definition) is 1. The minimum atomic E-state index is -4.65. The van der Waals surface area contributed by atoms with Gasteiger partial charge in [-0.25, -0.2) is 8.42 Å². The normalized spacial score (nSPS) is 19.0. The molecule has 3 rings (SSSR count). The Morgan fingerprint density at radius 2 is 1.73 bits per heavy atom. The molecule has 0 heterocycles. The summed E-state index contributed by atoms with van der Waals surface area (Å²) in [5.74, 6) is 0.800. The maximum atomic E-state index is 12.9. The predicted octanol–water partition coefficient (Wildman–Crippen LogP) is 5.61. The predicted molar refractivity (Wildman–Crippen MR) is 153 cm³/mol. The summed E-state index contributed by atoms with van der Waals surface area (Å²) in [6, 6.07) is 12.0. The number of amides is 1. The van der Waals surface area contributed by atoms with E-state index in [4.69, 9.17) is 16.3 Å². The molecule has 2 aromatic carbocycles. The van der Waals surface area contributed by atoms with Crippen molar-refractivity contribution >= 4 is 27.5 Å². The summed E-state index contributed by atoms with van der Waals surface area (Å²) in [7, 11) is 1.33. The summed E-state index contributed by atoms with van der Waals surface area (Å²) >= 11 is 6.07. The van der Waals surface area contributed by atoms with E-state index in [9.17, 15) is 26.4 Å². The molecule has 1 saturated carbocycles. The van der Waals surface area contributed by atoms with E-state index in [-0.39, 0.29) is 25.7 Å². The van der Waals surface area contributed by atoms with Gasteiger partial charge in [-0.2, -0.15) is 17.5 Å². The highest BCUT2D eigenvalue weighted by Crippen LogP contribution is 2.40. The second-order valence-corrected chi connectivity index (χ2v) is 13.3. The molecule has 1 amide bonds. The number of ether oxygens (including phenoxy) is 1. The number of rotatable bonds is 13. The van der Waals surface area contributed by atoms with Gasteiger partial charge in [-0.05, 0) is 81.1 Å². The van der Waals surface area contributed by atoms with Crippen molar-refractivity contribution in [3.63, 3.8) is 0 Å². The molecule has 2 aromatic rings. The first-order chi connectivity index (χ1) is 19.3. The van der Waals surface area contributed by atoms with Gasteiger partial charge in [0.1, 0.15) is 6.61 Å². The van der Waals surface area contributed by atoms with Gasteiger partial charge < -0.3 is 15.0 Å². The first-order valence-corrected chi connectivity index (χ1v) is 15.5. The third kappa shape index (κ3) is 9.68. The van der Waals surface area contributed by atoms with Gasteiger partial charge in [-0.1, -0.05) is 42.6 Å². The average Bonchev–Trinajstić information content (AvgIpc) is 2.92. The number of nitrogens with zero attached hydrogens (tertiary/aromatic N) is 2. The lowest BCUT2D eigenvalue weighted by atomic mass is 9.75. The van der Waals surface area contributed by atoms with Crippen LogP contribution in [0.2, 0.25) is 5.02 Å². The lowest BCUT2D eigenvalue weighted by Gasteiger charge is -2.37. The van der Waals surface area contributed by atoms with Crippen LogP contribution in [0.5, 0.6) is 0 Å². The third-order valence-corrected chi connectivity index (χ3v) is 9.74. The van der Waals surface area contributed by atoms with Gasteiger partial charge in [0.25, 0.3) is 0 Å². The van der Waals surface area contributed by atoms with Crippen molar-refractivity contribution in [2.45, 2.75) is 49.2 Å². The smallest absolute Gasteiger partial charge is 0.370 e. The van der Waals surface area contributed by atoms with E-state index in [0.29, 0.717) is 30.5 Å². The molecule has 41 heavy (non-hydrogen) atoms. The van der Waals surface area contributed by atoms with Crippen LogP contribution in [0.4, 0.5) is 13.2 Å². The summed E-state index contributed by atoms with van der Waals surface area (Å²) in [6.45, 7) is 0.122. The molecule has 1 aliphatic rings. The molecule has 0 saturated heterocycles. The van der Waals surface area contributed by atoms with E-state index in [1.807, 2.05) is 12.1 Å². The molecule has 228 valence electrons. The van der Waals surface area contributed by atoms with Gasteiger partial charge in [0.15, 0.2) is 0 Å². The zero-order chi connectivity index (χ0) is 30.2. The highest BCUT2D eigenvalue weighted by molar-refractivity contribution is 7.89. The number of hydrogen-bond acceptors (Lipinski definition) is 5. The van der Waals surface area contributed by atoms with Crippen molar-refractivity contribution < 1.29 is 31.1 Å². The molecule has 0 bridgehead atoms. The van der Waals surface area contributed by atoms with E-state index in [2.05, 4.69) is 36.4 Å². The van der Waals surface area contributed by atoms with Crippen LogP contribution >= 0.6 is 11.6 Å². The summed E-state index contributed by atoms with van der Waals surface area (Å²) in [6.07, 6.45) is 0.661. The molecule has 0 spiro atoms. The lowest BCUT2D eigenvalue weighted by Crippen LogP contribution is -2.34. The van der Waals surface area contributed by atoms with Crippen molar-refractivity contribution in [1.82, 2.24) is 14.5 Å². The van der Waals surface area contributed by atoms with Gasteiger partial charge in [0.2, 0.25) is 15.9 Å². The number of nitrogens with one attached hydrogen (secondary N) is 1. The van der Waals surface area contributed by atoms with Gasteiger partial charge in [-0.15, -0.1) is 0 Å². The monoisotopic (exact) mass is 617 g/mol. The van der Waals surface area contributed by atoms with Crippen LogP contribution in [0.25, 0.3) is 0 Å². The number of benzene rings is 2. The Morgan fingerprint density at radius 3 is 2.34 bits per heavy atom. The Morgan fingerprint density at radius 1 is 1.07 bits per heavy atom. The summed E-state index contributed by atoms with van der Waals surface area (Å²) in [4.78, 5) is 14.0. The van der Waals surface area contributed by atoms with Crippen molar-refractivity contribution in [3.05, 3.63) is 64.7 Å². The number of likely N-dealkylation sites (N-methyl/N-ethyl adjacent to an activating group) is 1. The van der Waals surface area contributed by atoms with E-state index in [0.717, 1.165) is 59.6 Å². The molecule has 1 aliphatic carbocycles. The summed E-state index contributed by atoms with van der Waals surface area (Å²) in [5, 5.41) is 3.59. The van der Waals surface area contributed by atoms with Gasteiger partial charge >= 0.3 is 6.18 Å². The quantitative estimate of drug-likeness (QED) is 0.296. The van der Waals surface area contributed by atoms with Crippen LogP contribution in [0, 0.1) is 11.8 Å². The Kier molecular flexibility index (Phi) is 12.0. The van der Waals surface area contributed by atoms with Crippen molar-refractivity contribution in [2.75, 3.05) is 47.4 Å². The van der Waals surface area contributed by atoms with Gasteiger partial charge in [-0.3, -0.25) is 4.79 Å². The van der Waals surface area contributed by atoms with Gasteiger partial charge in [0, 0.05) is 31.2 Å². The highest BCUT2D eigenvalue weighted by atomic mass is 35.5. The lowest BCUT2D eigenvalue weighted by molar-refractivity contribution is -0.137.